The summed E-state index contributed by atoms with van der Waals surface area (Å²) in [4.78, 5) is 16.0. The Bertz CT molecular complexity index is 1070. The fourth-order valence-electron chi connectivity index (χ4n) is 2.77. The number of ether oxygens (including phenoxy) is 1. The number of hydrogen-bond donors (Lipinski definition) is 0. The van der Waals surface area contributed by atoms with Gasteiger partial charge in [-0.1, -0.05) is 48.6 Å². The summed E-state index contributed by atoms with van der Waals surface area (Å²) in [5, 5.41) is 0. The summed E-state index contributed by atoms with van der Waals surface area (Å²) >= 11 is 0. The highest BCUT2D eigenvalue weighted by molar-refractivity contribution is 5.89. The Labute approximate surface area is 156 Å². The van der Waals surface area contributed by atoms with Gasteiger partial charge in [-0.25, -0.2) is 9.78 Å². The third kappa shape index (κ3) is 3.65. The fourth-order valence-corrected chi connectivity index (χ4v) is 2.77. The van der Waals surface area contributed by atoms with Crippen LogP contribution in [0.4, 0.5) is 0 Å². The van der Waals surface area contributed by atoms with E-state index in [1.54, 1.807) is 12.1 Å². The van der Waals surface area contributed by atoms with Gasteiger partial charge in [-0.2, -0.15) is 0 Å². The maximum atomic E-state index is 11.5. The molecule has 0 radical (unpaired) electrons. The number of rotatable bonds is 4. The van der Waals surface area contributed by atoms with Gasteiger partial charge in [-0.15, -0.1) is 0 Å². The van der Waals surface area contributed by atoms with Crippen LogP contribution in [-0.2, 0) is 4.74 Å². The van der Waals surface area contributed by atoms with Crippen molar-refractivity contribution in [1.29, 1.82) is 0 Å². The van der Waals surface area contributed by atoms with Crippen molar-refractivity contribution in [2.24, 2.45) is 0 Å². The summed E-state index contributed by atoms with van der Waals surface area (Å²) in [6, 6.07) is 23.0. The standard InChI is InChI=1S/C23H17NO3/c1-26-23(25)19-14-10-17(11-15-19)7-6-16-8-12-18(13-9-16)22-24-20-4-2-3-5-21(20)27-22/h2-15H,1H3/b7-6+. The zero-order valence-corrected chi connectivity index (χ0v) is 14.8. The van der Waals surface area contributed by atoms with E-state index in [0.29, 0.717) is 11.5 Å². The van der Waals surface area contributed by atoms with Crippen LogP contribution in [0.2, 0.25) is 0 Å². The molecule has 0 unspecified atom stereocenters. The van der Waals surface area contributed by atoms with Crippen LogP contribution in [0.3, 0.4) is 0 Å². The molecular weight excluding hydrogens is 338 g/mol. The molecule has 0 N–H and O–H groups in total. The first-order chi connectivity index (χ1) is 13.2. The van der Waals surface area contributed by atoms with E-state index >= 15 is 0 Å². The lowest BCUT2D eigenvalue weighted by Gasteiger charge is -2.00. The Balaban J connectivity index is 1.50. The van der Waals surface area contributed by atoms with E-state index in [2.05, 4.69) is 4.98 Å². The Morgan fingerprint density at radius 3 is 2.15 bits per heavy atom. The molecule has 0 fully saturated rings. The summed E-state index contributed by atoms with van der Waals surface area (Å²) < 4.78 is 10.5. The van der Waals surface area contributed by atoms with Crippen LogP contribution in [0.1, 0.15) is 21.5 Å². The number of nitrogens with zero attached hydrogens (tertiary/aromatic N) is 1. The molecule has 4 aromatic rings. The third-order valence-corrected chi connectivity index (χ3v) is 4.25. The normalized spacial score (nSPS) is 11.1. The van der Waals surface area contributed by atoms with Crippen molar-refractivity contribution in [3.63, 3.8) is 0 Å². The van der Waals surface area contributed by atoms with Gasteiger partial charge in [0.2, 0.25) is 5.89 Å². The van der Waals surface area contributed by atoms with Crippen LogP contribution in [0.5, 0.6) is 0 Å². The average Bonchev–Trinajstić information content (AvgIpc) is 3.17. The first-order valence-corrected chi connectivity index (χ1v) is 8.55. The molecular formula is C23H17NO3. The topological polar surface area (TPSA) is 52.3 Å². The molecule has 0 saturated heterocycles. The van der Waals surface area contributed by atoms with Crippen LogP contribution < -0.4 is 0 Å². The van der Waals surface area contributed by atoms with E-state index in [9.17, 15) is 4.79 Å². The molecule has 1 heterocycles. The van der Waals surface area contributed by atoms with Crippen molar-refractivity contribution < 1.29 is 13.9 Å². The highest BCUT2D eigenvalue weighted by atomic mass is 16.5. The molecule has 132 valence electrons. The molecule has 0 aliphatic carbocycles. The number of carbonyl (C=O) groups excluding carboxylic acids is 1. The van der Waals surface area contributed by atoms with Gasteiger partial charge in [-0.3, -0.25) is 0 Å². The molecule has 0 aliphatic rings. The number of methoxy groups -OCH3 is 1. The Morgan fingerprint density at radius 1 is 0.889 bits per heavy atom. The minimum atomic E-state index is -0.333. The van der Waals surface area contributed by atoms with Gasteiger partial charge in [0.25, 0.3) is 0 Å². The van der Waals surface area contributed by atoms with Gasteiger partial charge in [-0.05, 0) is 47.5 Å². The average molecular weight is 355 g/mol. The molecule has 0 aliphatic heterocycles. The van der Waals surface area contributed by atoms with Gasteiger partial charge in [0.15, 0.2) is 5.58 Å². The van der Waals surface area contributed by atoms with E-state index in [-0.39, 0.29) is 5.97 Å². The molecule has 0 bridgehead atoms. The van der Waals surface area contributed by atoms with E-state index in [0.717, 1.165) is 27.8 Å². The second kappa shape index (κ2) is 7.30. The second-order valence-electron chi connectivity index (χ2n) is 6.06. The molecule has 27 heavy (non-hydrogen) atoms. The minimum Gasteiger partial charge on any atom is -0.465 e. The summed E-state index contributed by atoms with van der Waals surface area (Å²) in [5.74, 6) is 0.283. The van der Waals surface area contributed by atoms with Crippen LogP contribution in [0.15, 0.2) is 77.2 Å². The summed E-state index contributed by atoms with van der Waals surface area (Å²) in [6.45, 7) is 0. The highest BCUT2D eigenvalue weighted by Gasteiger charge is 2.07. The van der Waals surface area contributed by atoms with Gasteiger partial charge < -0.3 is 9.15 Å². The third-order valence-electron chi connectivity index (χ3n) is 4.25. The molecule has 4 heteroatoms. The number of esters is 1. The lowest BCUT2D eigenvalue weighted by atomic mass is 10.1. The number of hydrogen-bond acceptors (Lipinski definition) is 4. The van der Waals surface area contributed by atoms with Crippen LogP contribution >= 0.6 is 0 Å². The van der Waals surface area contributed by atoms with Gasteiger partial charge >= 0.3 is 5.97 Å². The summed E-state index contributed by atoms with van der Waals surface area (Å²) in [6.07, 6.45) is 4.01. The first kappa shape index (κ1) is 16.8. The number of carbonyl (C=O) groups is 1. The number of para-hydroxylation sites is 2. The number of benzene rings is 3. The van der Waals surface area contributed by atoms with Crippen LogP contribution in [0.25, 0.3) is 34.7 Å². The Morgan fingerprint density at radius 2 is 1.52 bits per heavy atom. The zero-order chi connectivity index (χ0) is 18.6. The molecule has 3 aromatic carbocycles. The molecule has 4 nitrogen and oxygen atoms in total. The molecule has 1 aromatic heterocycles. The molecule has 4 rings (SSSR count). The molecule has 0 atom stereocenters. The largest absolute Gasteiger partial charge is 0.465 e. The number of fused-ring (bicyclic) bond motifs is 1. The predicted octanol–water partition coefficient (Wildman–Crippen LogP) is 5.45. The van der Waals surface area contributed by atoms with E-state index in [4.69, 9.17) is 9.15 Å². The Hall–Kier alpha value is -3.66. The van der Waals surface area contributed by atoms with E-state index in [1.165, 1.54) is 7.11 Å². The van der Waals surface area contributed by atoms with Crippen LogP contribution in [-0.4, -0.2) is 18.1 Å². The lowest BCUT2D eigenvalue weighted by Crippen LogP contribution is -2.00. The van der Waals surface area contributed by atoms with Crippen molar-refractivity contribution in [2.75, 3.05) is 7.11 Å². The lowest BCUT2D eigenvalue weighted by molar-refractivity contribution is 0.0600. The van der Waals surface area contributed by atoms with E-state index in [1.807, 2.05) is 72.8 Å². The number of oxazole rings is 1. The monoisotopic (exact) mass is 355 g/mol. The van der Waals surface area contributed by atoms with Gasteiger partial charge in [0.05, 0.1) is 12.7 Å². The highest BCUT2D eigenvalue weighted by Crippen LogP contribution is 2.24. The molecule has 0 saturated carbocycles. The SMILES string of the molecule is COC(=O)c1ccc(/C=C/c2ccc(-c3nc4ccccc4o3)cc2)cc1. The summed E-state index contributed by atoms with van der Waals surface area (Å²) in [5.41, 5.74) is 5.18. The molecule has 0 amide bonds. The van der Waals surface area contributed by atoms with E-state index < -0.39 is 0 Å². The maximum absolute atomic E-state index is 11.5. The fraction of sp³-hybridized carbons (Fsp3) is 0.0435. The zero-order valence-electron chi connectivity index (χ0n) is 14.8. The van der Waals surface area contributed by atoms with Crippen LogP contribution in [0, 0.1) is 0 Å². The molecule has 0 spiro atoms. The van der Waals surface area contributed by atoms with Crippen molar-refractivity contribution in [3.8, 4) is 11.5 Å². The minimum absolute atomic E-state index is 0.333. The van der Waals surface area contributed by atoms with Gasteiger partial charge in [0, 0.05) is 5.56 Å². The predicted molar refractivity (Wildman–Crippen MR) is 106 cm³/mol. The first-order valence-electron chi connectivity index (χ1n) is 8.55. The maximum Gasteiger partial charge on any atom is 0.337 e. The quantitative estimate of drug-likeness (QED) is 0.361. The summed E-state index contributed by atoms with van der Waals surface area (Å²) in [7, 11) is 1.38. The Kier molecular flexibility index (Phi) is 4.54. The van der Waals surface area contributed by atoms with Crippen molar-refractivity contribution >= 4 is 29.2 Å². The van der Waals surface area contributed by atoms with Crippen molar-refractivity contribution in [2.45, 2.75) is 0 Å². The van der Waals surface area contributed by atoms with Crippen molar-refractivity contribution in [3.05, 3.63) is 89.5 Å². The number of aromatic nitrogens is 1. The van der Waals surface area contributed by atoms with Gasteiger partial charge in [0.1, 0.15) is 5.52 Å². The second-order valence-corrected chi connectivity index (χ2v) is 6.06. The smallest absolute Gasteiger partial charge is 0.337 e. The van der Waals surface area contributed by atoms with Crippen molar-refractivity contribution in [1.82, 2.24) is 4.98 Å².